The SMILES string of the molecule is CONc1nc(Cl)nc2c1ncn2[C@@H]1O[C@H](CO)C[C@H]1OC(C)=O. The van der Waals surface area contributed by atoms with Crippen LogP contribution in [0, 0.1) is 0 Å². The van der Waals surface area contributed by atoms with Crippen molar-refractivity contribution in [2.24, 2.45) is 0 Å². The van der Waals surface area contributed by atoms with E-state index in [1.165, 1.54) is 20.4 Å². The third kappa shape index (κ3) is 3.13. The Labute approximate surface area is 141 Å². The van der Waals surface area contributed by atoms with Crippen LogP contribution in [0.5, 0.6) is 0 Å². The number of aromatic nitrogens is 4. The summed E-state index contributed by atoms with van der Waals surface area (Å²) in [5.41, 5.74) is 3.38. The maximum Gasteiger partial charge on any atom is 0.303 e. The molecule has 0 aromatic carbocycles. The zero-order valence-corrected chi connectivity index (χ0v) is 13.7. The lowest BCUT2D eigenvalue weighted by molar-refractivity contribution is -0.152. The highest BCUT2D eigenvalue weighted by atomic mass is 35.5. The second kappa shape index (κ2) is 6.85. The van der Waals surface area contributed by atoms with Crippen LogP contribution in [0.3, 0.4) is 0 Å². The van der Waals surface area contributed by atoms with Crippen LogP contribution < -0.4 is 5.48 Å². The number of nitrogens with one attached hydrogen (secondary N) is 1. The number of esters is 1. The Kier molecular flexibility index (Phi) is 4.81. The van der Waals surface area contributed by atoms with E-state index in [1.54, 1.807) is 4.57 Å². The predicted molar refractivity (Wildman–Crippen MR) is 82.1 cm³/mol. The molecule has 1 aliphatic heterocycles. The average Bonchev–Trinajstić information content (AvgIpc) is 3.10. The van der Waals surface area contributed by atoms with Gasteiger partial charge >= 0.3 is 5.97 Å². The summed E-state index contributed by atoms with van der Waals surface area (Å²) in [5.74, 6) is -0.141. The second-order valence-corrected chi connectivity index (χ2v) is 5.52. The van der Waals surface area contributed by atoms with E-state index >= 15 is 0 Å². The second-order valence-electron chi connectivity index (χ2n) is 5.19. The summed E-state index contributed by atoms with van der Waals surface area (Å²) in [6.45, 7) is 1.13. The molecule has 1 aliphatic rings. The van der Waals surface area contributed by atoms with Crippen molar-refractivity contribution in [3.05, 3.63) is 11.6 Å². The normalized spacial score (nSPS) is 23.6. The van der Waals surface area contributed by atoms with Gasteiger partial charge in [0.25, 0.3) is 0 Å². The van der Waals surface area contributed by atoms with Gasteiger partial charge < -0.3 is 14.6 Å². The summed E-state index contributed by atoms with van der Waals surface area (Å²) in [6, 6.07) is 0. The lowest BCUT2D eigenvalue weighted by Crippen LogP contribution is -2.24. The van der Waals surface area contributed by atoms with Crippen molar-refractivity contribution in [2.75, 3.05) is 19.2 Å². The van der Waals surface area contributed by atoms with Crippen LogP contribution in [0.1, 0.15) is 19.6 Å². The minimum absolute atomic E-state index is 0.00968. The Morgan fingerprint density at radius 1 is 1.58 bits per heavy atom. The number of halogens is 1. The summed E-state index contributed by atoms with van der Waals surface area (Å²) in [6.07, 6.45) is 0.132. The van der Waals surface area contributed by atoms with Gasteiger partial charge in [-0.1, -0.05) is 0 Å². The number of imidazole rings is 1. The summed E-state index contributed by atoms with van der Waals surface area (Å²) < 4.78 is 12.6. The third-order valence-electron chi connectivity index (χ3n) is 3.53. The molecular formula is C13H16ClN5O5. The van der Waals surface area contributed by atoms with E-state index < -0.39 is 24.4 Å². The number of aliphatic hydroxyl groups excluding tert-OH is 1. The first kappa shape index (κ1) is 16.8. The molecule has 24 heavy (non-hydrogen) atoms. The van der Waals surface area contributed by atoms with Crippen LogP contribution in [-0.4, -0.2) is 56.5 Å². The van der Waals surface area contributed by atoms with Crippen molar-refractivity contribution in [3.63, 3.8) is 0 Å². The summed E-state index contributed by atoms with van der Waals surface area (Å²) in [5, 5.41) is 9.33. The number of carbonyl (C=O) groups is 1. The maximum absolute atomic E-state index is 11.3. The number of hydrogen-bond donors (Lipinski definition) is 2. The molecule has 3 atom stereocenters. The van der Waals surface area contributed by atoms with Crippen LogP contribution in [0.15, 0.2) is 6.33 Å². The molecular weight excluding hydrogens is 342 g/mol. The zero-order chi connectivity index (χ0) is 17.3. The first-order valence-corrected chi connectivity index (χ1v) is 7.54. The van der Waals surface area contributed by atoms with E-state index in [1.807, 2.05) is 0 Å². The minimum atomic E-state index is -0.683. The Hall–Kier alpha value is -2.01. The van der Waals surface area contributed by atoms with E-state index in [9.17, 15) is 9.90 Å². The molecule has 0 radical (unpaired) electrons. The molecule has 0 saturated carbocycles. The fourth-order valence-electron chi connectivity index (χ4n) is 2.64. The largest absolute Gasteiger partial charge is 0.458 e. The van der Waals surface area contributed by atoms with Crippen LogP contribution in [-0.2, 0) is 19.1 Å². The van der Waals surface area contributed by atoms with Crippen molar-refractivity contribution < 1.29 is 24.2 Å². The van der Waals surface area contributed by atoms with E-state index in [-0.39, 0.29) is 11.9 Å². The molecule has 10 nitrogen and oxygen atoms in total. The number of hydrogen-bond acceptors (Lipinski definition) is 9. The topological polar surface area (TPSA) is 121 Å². The van der Waals surface area contributed by atoms with Crippen molar-refractivity contribution in [1.29, 1.82) is 0 Å². The fraction of sp³-hybridized carbons (Fsp3) is 0.538. The predicted octanol–water partition coefficient (Wildman–Crippen LogP) is 0.664. The van der Waals surface area contributed by atoms with Crippen molar-refractivity contribution >= 4 is 34.6 Å². The van der Waals surface area contributed by atoms with Crippen molar-refractivity contribution in [1.82, 2.24) is 19.5 Å². The number of aliphatic hydroxyl groups is 1. The number of ether oxygens (including phenoxy) is 2. The minimum Gasteiger partial charge on any atom is -0.458 e. The molecule has 0 aliphatic carbocycles. The molecule has 3 rings (SSSR count). The van der Waals surface area contributed by atoms with Gasteiger partial charge in [0.2, 0.25) is 5.28 Å². The highest BCUT2D eigenvalue weighted by molar-refractivity contribution is 6.28. The van der Waals surface area contributed by atoms with Gasteiger partial charge in [0.1, 0.15) is 6.10 Å². The Balaban J connectivity index is 2.02. The summed E-state index contributed by atoms with van der Waals surface area (Å²) in [7, 11) is 1.43. The van der Waals surface area contributed by atoms with Gasteiger partial charge in [-0.05, 0) is 11.6 Å². The molecule has 0 unspecified atom stereocenters. The van der Waals surface area contributed by atoms with Gasteiger partial charge in [-0.3, -0.25) is 14.2 Å². The molecule has 2 N–H and O–H groups in total. The van der Waals surface area contributed by atoms with Gasteiger partial charge in [0, 0.05) is 13.3 Å². The average molecular weight is 358 g/mol. The molecule has 130 valence electrons. The maximum atomic E-state index is 11.3. The van der Waals surface area contributed by atoms with E-state index in [2.05, 4.69) is 20.4 Å². The summed E-state index contributed by atoms with van der Waals surface area (Å²) in [4.78, 5) is 28.6. The molecule has 1 fully saturated rings. The number of nitrogens with zero attached hydrogens (tertiary/aromatic N) is 4. The van der Waals surface area contributed by atoms with Crippen molar-refractivity contribution in [3.8, 4) is 0 Å². The number of rotatable bonds is 5. The Morgan fingerprint density at radius 3 is 3.04 bits per heavy atom. The smallest absolute Gasteiger partial charge is 0.303 e. The van der Waals surface area contributed by atoms with Crippen LogP contribution in [0.25, 0.3) is 11.2 Å². The standard InChI is InChI=1S/C13H16ClN5O5/c1-6(21)23-8-3-7(4-20)24-12(8)19-5-15-9-10(18-22-2)16-13(14)17-11(9)19/h5,7-8,12,20H,3-4H2,1-2H3,(H,16,17,18)/t7-,8+,12+/m0/s1. The van der Waals surface area contributed by atoms with Gasteiger partial charge in [0.15, 0.2) is 23.2 Å². The molecule has 0 amide bonds. The molecule has 2 aromatic heterocycles. The lowest BCUT2D eigenvalue weighted by atomic mass is 10.2. The molecule has 2 aromatic rings. The molecule has 0 bridgehead atoms. The first-order valence-electron chi connectivity index (χ1n) is 7.16. The summed E-state index contributed by atoms with van der Waals surface area (Å²) >= 11 is 5.95. The highest BCUT2D eigenvalue weighted by Crippen LogP contribution is 2.34. The molecule has 0 spiro atoms. The van der Waals surface area contributed by atoms with Crippen LogP contribution in [0.4, 0.5) is 5.82 Å². The molecule has 11 heteroatoms. The van der Waals surface area contributed by atoms with Gasteiger partial charge in [-0.15, -0.1) is 0 Å². The first-order chi connectivity index (χ1) is 11.5. The van der Waals surface area contributed by atoms with Crippen molar-refractivity contribution in [2.45, 2.75) is 31.8 Å². The highest BCUT2D eigenvalue weighted by Gasteiger charge is 2.39. The van der Waals surface area contributed by atoms with Gasteiger partial charge in [-0.2, -0.15) is 9.97 Å². The Bertz CT molecular complexity index is 754. The van der Waals surface area contributed by atoms with E-state index in [4.69, 9.17) is 25.9 Å². The van der Waals surface area contributed by atoms with E-state index in [0.29, 0.717) is 23.4 Å². The lowest BCUT2D eigenvalue weighted by Gasteiger charge is -2.20. The zero-order valence-electron chi connectivity index (χ0n) is 13.0. The van der Waals surface area contributed by atoms with Gasteiger partial charge in [0.05, 0.1) is 26.1 Å². The molecule has 3 heterocycles. The Morgan fingerprint density at radius 2 is 2.38 bits per heavy atom. The number of fused-ring (bicyclic) bond motifs is 1. The monoisotopic (exact) mass is 357 g/mol. The van der Waals surface area contributed by atoms with Gasteiger partial charge in [-0.25, -0.2) is 10.5 Å². The third-order valence-corrected chi connectivity index (χ3v) is 3.70. The van der Waals surface area contributed by atoms with Crippen LogP contribution >= 0.6 is 11.6 Å². The van der Waals surface area contributed by atoms with Crippen LogP contribution in [0.2, 0.25) is 5.28 Å². The van der Waals surface area contributed by atoms with E-state index in [0.717, 1.165) is 0 Å². The fourth-order valence-corrected chi connectivity index (χ4v) is 2.81. The quantitative estimate of drug-likeness (QED) is 0.451. The number of carbonyl (C=O) groups excluding carboxylic acids is 1. The molecule has 1 saturated heterocycles. The number of anilines is 1.